The molecule has 2 rings (SSSR count). The Morgan fingerprint density at radius 2 is 2.23 bits per heavy atom. The van der Waals surface area contributed by atoms with Crippen LogP contribution in [0, 0.1) is 5.92 Å². The summed E-state index contributed by atoms with van der Waals surface area (Å²) in [6, 6.07) is 6.93. The lowest BCUT2D eigenvalue weighted by molar-refractivity contribution is 0.0942. The molecule has 0 bridgehead atoms. The molecule has 1 amide bonds. The summed E-state index contributed by atoms with van der Waals surface area (Å²) in [5.74, 6) is 0.877. The lowest BCUT2D eigenvalue weighted by Crippen LogP contribution is -2.27. The molecule has 1 heterocycles. The maximum atomic E-state index is 11.9. The Morgan fingerprint density at radius 3 is 2.91 bits per heavy atom. The van der Waals surface area contributed by atoms with Gasteiger partial charge in [0.05, 0.1) is 4.47 Å². The Balaban J connectivity index is 1.93. The van der Waals surface area contributed by atoms with Crippen molar-refractivity contribution in [3.8, 4) is 5.75 Å². The molecule has 7 heteroatoms. The Labute approximate surface area is 142 Å². The van der Waals surface area contributed by atoms with E-state index in [9.17, 15) is 4.79 Å². The highest BCUT2D eigenvalue weighted by molar-refractivity contribution is 9.10. The number of aromatic nitrogens is 2. The third-order valence-electron chi connectivity index (χ3n) is 2.79. The van der Waals surface area contributed by atoms with E-state index in [1.165, 1.54) is 0 Å². The number of hydrogen-bond donors (Lipinski definition) is 1. The van der Waals surface area contributed by atoms with E-state index in [0.29, 0.717) is 28.9 Å². The monoisotopic (exact) mass is 385 g/mol. The lowest BCUT2D eigenvalue weighted by atomic mass is 10.2. The van der Waals surface area contributed by atoms with Gasteiger partial charge in [0, 0.05) is 17.8 Å². The van der Waals surface area contributed by atoms with Gasteiger partial charge in [0.25, 0.3) is 5.91 Å². The average molecular weight is 387 g/mol. The fraction of sp³-hybridized carbons (Fsp3) is 0.333. The van der Waals surface area contributed by atoms with Crippen molar-refractivity contribution in [1.82, 2.24) is 15.1 Å². The van der Waals surface area contributed by atoms with Crippen molar-refractivity contribution in [2.24, 2.45) is 5.92 Å². The summed E-state index contributed by atoms with van der Waals surface area (Å²) >= 11 is 9.26. The third-order valence-corrected chi connectivity index (χ3v) is 3.65. The molecule has 0 unspecified atom stereocenters. The molecule has 0 aliphatic heterocycles. The second-order valence-corrected chi connectivity index (χ2v) is 6.48. The van der Waals surface area contributed by atoms with E-state index in [-0.39, 0.29) is 12.6 Å². The summed E-state index contributed by atoms with van der Waals surface area (Å²) < 4.78 is 7.96. The van der Waals surface area contributed by atoms with Crippen molar-refractivity contribution in [3.05, 3.63) is 45.7 Å². The Morgan fingerprint density at radius 1 is 1.45 bits per heavy atom. The largest absolute Gasteiger partial charge is 0.470 e. The first kappa shape index (κ1) is 16.8. The summed E-state index contributed by atoms with van der Waals surface area (Å²) in [5.41, 5.74) is 0.374. The van der Waals surface area contributed by atoms with E-state index >= 15 is 0 Å². The maximum absolute atomic E-state index is 11.9. The van der Waals surface area contributed by atoms with Crippen molar-refractivity contribution >= 4 is 33.4 Å². The highest BCUT2D eigenvalue weighted by atomic mass is 79.9. The molecule has 22 heavy (non-hydrogen) atoms. The van der Waals surface area contributed by atoms with Gasteiger partial charge in [0.2, 0.25) is 0 Å². The minimum Gasteiger partial charge on any atom is -0.470 e. The van der Waals surface area contributed by atoms with Crippen LogP contribution in [0.3, 0.4) is 0 Å². The highest BCUT2D eigenvalue weighted by Crippen LogP contribution is 2.28. The highest BCUT2D eigenvalue weighted by Gasteiger charge is 2.10. The van der Waals surface area contributed by atoms with Crippen LogP contribution in [0.4, 0.5) is 0 Å². The number of nitrogens with zero attached hydrogens (tertiary/aromatic N) is 2. The molecule has 0 aliphatic carbocycles. The van der Waals surface area contributed by atoms with E-state index in [2.05, 4.69) is 26.3 Å². The molecule has 0 aliphatic rings. The van der Waals surface area contributed by atoms with Crippen LogP contribution in [-0.2, 0) is 6.73 Å². The van der Waals surface area contributed by atoms with Crippen LogP contribution in [0.5, 0.6) is 5.75 Å². The fourth-order valence-electron chi connectivity index (χ4n) is 1.67. The van der Waals surface area contributed by atoms with Crippen LogP contribution < -0.4 is 10.1 Å². The SMILES string of the molecule is CC(C)CNC(=O)c1ccn(COc2ccc(Cl)cc2Br)n1. The van der Waals surface area contributed by atoms with Crippen LogP contribution in [-0.4, -0.2) is 22.2 Å². The number of amides is 1. The summed E-state index contributed by atoms with van der Waals surface area (Å²) in [6.07, 6.45) is 1.70. The van der Waals surface area contributed by atoms with Crippen molar-refractivity contribution in [3.63, 3.8) is 0 Å². The summed E-state index contributed by atoms with van der Waals surface area (Å²) in [6.45, 7) is 4.91. The number of hydrogen-bond acceptors (Lipinski definition) is 3. The second-order valence-electron chi connectivity index (χ2n) is 5.19. The normalized spacial score (nSPS) is 10.8. The molecule has 1 N–H and O–H groups in total. The minimum atomic E-state index is -0.180. The maximum Gasteiger partial charge on any atom is 0.271 e. The van der Waals surface area contributed by atoms with E-state index in [4.69, 9.17) is 16.3 Å². The topological polar surface area (TPSA) is 56.2 Å². The van der Waals surface area contributed by atoms with E-state index < -0.39 is 0 Å². The molecule has 1 aromatic carbocycles. The number of nitrogens with one attached hydrogen (secondary N) is 1. The Kier molecular flexibility index (Phi) is 5.85. The molecular weight excluding hydrogens is 370 g/mol. The summed E-state index contributed by atoms with van der Waals surface area (Å²) in [5, 5.41) is 7.64. The molecule has 0 spiro atoms. The first-order valence-corrected chi connectivity index (χ1v) is 8.02. The van der Waals surface area contributed by atoms with Crippen molar-refractivity contribution in [1.29, 1.82) is 0 Å². The van der Waals surface area contributed by atoms with Crippen molar-refractivity contribution in [2.45, 2.75) is 20.6 Å². The van der Waals surface area contributed by atoms with Gasteiger partial charge >= 0.3 is 0 Å². The van der Waals surface area contributed by atoms with E-state index in [1.54, 1.807) is 35.1 Å². The van der Waals surface area contributed by atoms with Gasteiger partial charge in [-0.1, -0.05) is 25.4 Å². The Hall–Kier alpha value is -1.53. The zero-order chi connectivity index (χ0) is 16.1. The molecule has 118 valence electrons. The number of carbonyl (C=O) groups is 1. The lowest BCUT2D eigenvalue weighted by Gasteiger charge is -2.08. The van der Waals surface area contributed by atoms with E-state index in [0.717, 1.165) is 4.47 Å². The van der Waals surface area contributed by atoms with Gasteiger partial charge in [-0.3, -0.25) is 4.79 Å². The molecule has 0 saturated carbocycles. The molecular formula is C15H17BrClN3O2. The molecule has 5 nitrogen and oxygen atoms in total. The fourth-order valence-corrected chi connectivity index (χ4v) is 2.47. The van der Waals surface area contributed by atoms with Gasteiger partial charge in [-0.05, 0) is 46.1 Å². The van der Waals surface area contributed by atoms with Gasteiger partial charge in [0.1, 0.15) is 11.4 Å². The zero-order valence-corrected chi connectivity index (χ0v) is 14.7. The second kappa shape index (κ2) is 7.65. The average Bonchev–Trinajstić information content (AvgIpc) is 2.92. The van der Waals surface area contributed by atoms with Crippen LogP contribution in [0.25, 0.3) is 0 Å². The first-order chi connectivity index (χ1) is 10.5. The molecule has 1 aromatic heterocycles. The van der Waals surface area contributed by atoms with Crippen LogP contribution in [0.1, 0.15) is 24.3 Å². The summed E-state index contributed by atoms with van der Waals surface area (Å²) in [4.78, 5) is 11.9. The summed E-state index contributed by atoms with van der Waals surface area (Å²) in [7, 11) is 0. The van der Waals surface area contributed by atoms with Gasteiger partial charge in [-0.15, -0.1) is 0 Å². The quantitative estimate of drug-likeness (QED) is 0.823. The van der Waals surface area contributed by atoms with Crippen LogP contribution >= 0.6 is 27.5 Å². The third kappa shape index (κ3) is 4.74. The van der Waals surface area contributed by atoms with Gasteiger partial charge in [-0.2, -0.15) is 5.10 Å². The predicted molar refractivity (Wildman–Crippen MR) is 89.2 cm³/mol. The number of carbonyl (C=O) groups excluding carboxylic acids is 1. The van der Waals surface area contributed by atoms with Gasteiger partial charge in [0.15, 0.2) is 6.73 Å². The standard InChI is InChI=1S/C15H17BrClN3O2/c1-10(2)8-18-15(21)13-5-6-20(19-13)9-22-14-4-3-11(17)7-12(14)16/h3-7,10H,8-9H2,1-2H3,(H,18,21). The van der Waals surface area contributed by atoms with Crippen molar-refractivity contribution < 1.29 is 9.53 Å². The smallest absolute Gasteiger partial charge is 0.271 e. The molecule has 2 aromatic rings. The number of ether oxygens (including phenoxy) is 1. The zero-order valence-electron chi connectivity index (χ0n) is 12.3. The predicted octanol–water partition coefficient (Wildman–Crippen LogP) is 3.72. The van der Waals surface area contributed by atoms with Crippen LogP contribution in [0.15, 0.2) is 34.9 Å². The van der Waals surface area contributed by atoms with Gasteiger partial charge in [-0.25, -0.2) is 4.68 Å². The van der Waals surface area contributed by atoms with E-state index in [1.807, 2.05) is 13.8 Å². The minimum absolute atomic E-state index is 0.180. The number of halogens is 2. The first-order valence-electron chi connectivity index (χ1n) is 6.85. The number of benzene rings is 1. The van der Waals surface area contributed by atoms with Crippen molar-refractivity contribution in [2.75, 3.05) is 6.54 Å². The van der Waals surface area contributed by atoms with Crippen LogP contribution in [0.2, 0.25) is 5.02 Å². The molecule has 0 radical (unpaired) electrons. The Bertz CT molecular complexity index is 658. The number of rotatable bonds is 6. The molecule has 0 fully saturated rings. The molecule has 0 saturated heterocycles. The van der Waals surface area contributed by atoms with Gasteiger partial charge < -0.3 is 10.1 Å². The molecule has 0 atom stereocenters.